The molecule has 0 aliphatic heterocycles. The molecule has 406 valence electrons. The van der Waals surface area contributed by atoms with Gasteiger partial charge in [-0.25, -0.2) is 0 Å². The molecule has 0 atom stereocenters. The monoisotopic (exact) mass is 1110 g/mol. The average molecular weight is 1110 g/mol. The van der Waals surface area contributed by atoms with E-state index in [4.69, 9.17) is 10.2 Å². The summed E-state index contributed by atoms with van der Waals surface area (Å²) in [5.41, 5.74) is 0. The molecule has 0 saturated carbocycles. The second-order valence-corrected chi connectivity index (χ2v) is 18.8. The normalized spacial score (nSPS) is 15.4. The fourth-order valence-electron chi connectivity index (χ4n) is 3.41. The highest BCUT2D eigenvalue weighted by Crippen LogP contribution is 2.66. The number of aliphatic hydroxyl groups is 2. The second-order valence-electron chi connectivity index (χ2n) is 12.9. The van der Waals surface area contributed by atoms with Crippen LogP contribution in [0.5, 0.6) is 0 Å². The van der Waals surface area contributed by atoms with Gasteiger partial charge in [-0.1, -0.05) is 13.1 Å². The molecule has 0 aromatic carbocycles. The Kier molecular flexibility index (Phi) is 23.7. The van der Waals surface area contributed by atoms with Crippen LogP contribution in [0, 0.1) is 0 Å². The van der Waals surface area contributed by atoms with E-state index in [-0.39, 0.29) is 5.48 Å². The lowest BCUT2D eigenvalue weighted by atomic mass is 9.88. The Morgan fingerprint density at radius 1 is 0.364 bits per heavy atom. The minimum absolute atomic E-state index is 0. The van der Waals surface area contributed by atoms with E-state index >= 15 is 0 Å². The Bertz CT molecular complexity index is 1470. The van der Waals surface area contributed by atoms with Gasteiger partial charge < -0.3 is 20.1 Å². The van der Waals surface area contributed by atoms with Gasteiger partial charge in [-0.3, -0.25) is 0 Å². The molecule has 4 N–H and O–H groups in total. The molecular formula is C26H32F34O4Si2. The number of hydrogen-bond donors (Lipinski definition) is 2. The van der Waals surface area contributed by atoms with Crippen molar-refractivity contribution in [3.8, 4) is 0 Å². The molecule has 0 unspecified atom stereocenters. The van der Waals surface area contributed by atoms with Crippen LogP contribution in [0.2, 0.25) is 32.2 Å². The van der Waals surface area contributed by atoms with Crippen LogP contribution in [0.15, 0.2) is 0 Å². The van der Waals surface area contributed by atoms with Gasteiger partial charge in [0.1, 0.15) is 0 Å². The van der Waals surface area contributed by atoms with Gasteiger partial charge in [0.15, 0.2) is 8.32 Å². The summed E-state index contributed by atoms with van der Waals surface area (Å²) < 4.78 is 443. The maximum Gasteiger partial charge on any atom is 0.460 e. The van der Waals surface area contributed by atoms with Crippen molar-refractivity contribution in [2.24, 2.45) is 0 Å². The van der Waals surface area contributed by atoms with Crippen molar-refractivity contribution in [1.29, 1.82) is 0 Å². The van der Waals surface area contributed by atoms with Crippen LogP contribution < -0.4 is 0 Å². The molecule has 0 saturated heterocycles. The molecule has 0 aliphatic carbocycles. The Morgan fingerprint density at radius 3 is 0.697 bits per heavy atom. The number of hydrogen-bond acceptors (Lipinski definition) is 3. The Hall–Kier alpha value is -2.11. The van der Waals surface area contributed by atoms with Gasteiger partial charge in [0.25, 0.3) is 0 Å². The maximum atomic E-state index is 13.6. The third-order valence-electron chi connectivity index (χ3n) is 7.59. The van der Waals surface area contributed by atoms with Crippen LogP contribution in [0.3, 0.4) is 0 Å². The number of alkyl halides is 34. The van der Waals surface area contributed by atoms with Crippen LogP contribution in [-0.4, -0.2) is 150 Å². The molecule has 0 aromatic heterocycles. The van der Waals surface area contributed by atoms with E-state index in [1.54, 1.807) is 0 Å². The summed E-state index contributed by atoms with van der Waals surface area (Å²) in [5.74, 6) is -112. The van der Waals surface area contributed by atoms with Gasteiger partial charge >= 0.3 is 95.3 Å². The van der Waals surface area contributed by atoms with Crippen molar-refractivity contribution >= 4 is 17.8 Å². The largest absolute Gasteiger partial charge is 0.460 e. The molecule has 0 rings (SSSR count). The van der Waals surface area contributed by atoms with Gasteiger partial charge in [0.2, 0.25) is 0 Å². The molecule has 0 aromatic rings. The standard InChI is InChI=1S/C13H13F17OSi.C10H5F17O.C2H8Si.CH4O.H2O/c1-31-32(2,3)5-4-6(14,15)7(16,17)8(18,19)9(20,21)10(22,23)11(24,25)12(26,27)13(28,29)30;11-3(12,1-2-28)4(13,14)5(15,16)6(17,18)7(19,20)8(21,22)9(23,24)10(25,26)27;1-3-2;1-2;/h4-5H2,1-3H3;28H,1-2H2;3H2,1-2H3;2H,1H3;1H2. The molecule has 0 amide bonds. The van der Waals surface area contributed by atoms with Gasteiger partial charge in [0.05, 0.1) is 0 Å². The molecule has 0 radical (unpaired) electrons. The summed E-state index contributed by atoms with van der Waals surface area (Å²) in [7, 11) is -1.05. The van der Waals surface area contributed by atoms with Crippen molar-refractivity contribution in [1.82, 2.24) is 0 Å². The summed E-state index contributed by atoms with van der Waals surface area (Å²) in [4.78, 5) is 0. The lowest BCUT2D eigenvalue weighted by Gasteiger charge is -2.43. The third-order valence-corrected chi connectivity index (χ3v) is 10.2. The molecule has 4 nitrogen and oxygen atoms in total. The number of rotatable bonds is 18. The molecular weight excluding hydrogens is 1080 g/mol. The predicted octanol–water partition coefficient (Wildman–Crippen LogP) is 11.7. The van der Waals surface area contributed by atoms with Gasteiger partial charge in [0, 0.05) is 43.2 Å². The fourth-order valence-corrected chi connectivity index (χ4v) is 4.53. The van der Waals surface area contributed by atoms with Gasteiger partial charge in [-0.05, 0) is 19.1 Å². The van der Waals surface area contributed by atoms with Crippen LogP contribution in [0.25, 0.3) is 0 Å². The summed E-state index contributed by atoms with van der Waals surface area (Å²) in [6.45, 7) is 4.42. The first-order valence-corrected chi connectivity index (χ1v) is 21.7. The van der Waals surface area contributed by atoms with E-state index < -0.39 is 129 Å². The minimum Gasteiger partial charge on any atom is -0.420 e. The van der Waals surface area contributed by atoms with Crippen LogP contribution in [0.4, 0.5) is 149 Å². The maximum absolute atomic E-state index is 13.6. The summed E-state index contributed by atoms with van der Waals surface area (Å²) in [6, 6.07) is -1.20. The van der Waals surface area contributed by atoms with Crippen LogP contribution in [0.1, 0.15) is 12.8 Å². The van der Waals surface area contributed by atoms with Crippen molar-refractivity contribution in [2.75, 3.05) is 20.8 Å². The van der Waals surface area contributed by atoms with E-state index in [9.17, 15) is 149 Å². The lowest BCUT2D eigenvalue weighted by Crippen LogP contribution is -2.74. The smallest absolute Gasteiger partial charge is 0.420 e. The Labute approximate surface area is 349 Å². The van der Waals surface area contributed by atoms with Gasteiger partial charge in [-0.2, -0.15) is 149 Å². The molecule has 0 fully saturated rings. The van der Waals surface area contributed by atoms with Crippen LogP contribution in [-0.2, 0) is 4.43 Å². The molecule has 0 spiro atoms. The van der Waals surface area contributed by atoms with Crippen molar-refractivity contribution in [3.63, 3.8) is 0 Å². The van der Waals surface area contributed by atoms with E-state index in [2.05, 4.69) is 17.5 Å². The van der Waals surface area contributed by atoms with E-state index in [1.165, 1.54) is 0 Å². The first-order chi connectivity index (χ1) is 27.7. The number of halogens is 34. The third kappa shape index (κ3) is 12.1. The summed E-state index contributed by atoms with van der Waals surface area (Å²) in [6.07, 6.45) is -20.8. The molecule has 40 heteroatoms. The van der Waals surface area contributed by atoms with E-state index in [0.717, 1.165) is 27.3 Å². The predicted molar refractivity (Wildman–Crippen MR) is 159 cm³/mol. The first kappa shape index (κ1) is 72.9. The molecule has 0 heterocycles. The summed E-state index contributed by atoms with van der Waals surface area (Å²) in [5, 5.41) is 15.0. The lowest BCUT2D eigenvalue weighted by molar-refractivity contribution is -0.461. The Balaban J connectivity index is -0.000000339. The van der Waals surface area contributed by atoms with Gasteiger partial charge in [-0.15, -0.1) is 0 Å². The fraction of sp³-hybridized carbons (Fsp3) is 1.00. The first-order valence-electron chi connectivity index (χ1n) is 15.8. The highest BCUT2D eigenvalue weighted by molar-refractivity contribution is 6.71. The molecule has 66 heavy (non-hydrogen) atoms. The second kappa shape index (κ2) is 21.5. The highest BCUT2D eigenvalue weighted by Gasteiger charge is 2.96. The zero-order valence-electron chi connectivity index (χ0n) is 32.7. The van der Waals surface area contributed by atoms with E-state index in [1.807, 2.05) is 0 Å². The molecule has 0 aliphatic rings. The van der Waals surface area contributed by atoms with E-state index in [0.29, 0.717) is 9.52 Å². The topological polar surface area (TPSA) is 81.2 Å². The van der Waals surface area contributed by atoms with Crippen molar-refractivity contribution in [3.05, 3.63) is 0 Å². The number of aliphatic hydroxyl groups excluding tert-OH is 2. The molecule has 0 bridgehead atoms. The summed E-state index contributed by atoms with van der Waals surface area (Å²) >= 11 is 0. The SMILES string of the molecule is CO.CO[Si](C)(C)CCC(F)(F)C(F)(F)C(F)(F)C(F)(F)C(F)(F)C(F)(F)C(F)(F)C(F)(F)F.C[SiH2]C.O.OCCC(F)(F)C(F)(F)C(F)(F)C(F)(F)C(F)(F)C(F)(F)C(F)(F)C(F)(F)F. The zero-order chi connectivity index (χ0) is 54.7. The van der Waals surface area contributed by atoms with Crippen molar-refractivity contribution < 1.29 is 169 Å². The van der Waals surface area contributed by atoms with Crippen molar-refractivity contribution in [2.45, 2.75) is 140 Å². The minimum atomic E-state index is -8.62. The average Bonchev–Trinajstić information content (AvgIpc) is 3.10. The van der Waals surface area contributed by atoms with Crippen LogP contribution >= 0.6 is 0 Å². The Morgan fingerprint density at radius 2 is 0.530 bits per heavy atom. The quantitative estimate of drug-likeness (QED) is 0.106. The highest BCUT2D eigenvalue weighted by atomic mass is 28.4. The zero-order valence-corrected chi connectivity index (χ0v) is 35.1.